The molecule has 31 heavy (non-hydrogen) atoms. The van der Waals surface area contributed by atoms with Gasteiger partial charge in [0.1, 0.15) is 13.1 Å². The van der Waals surface area contributed by atoms with Crippen molar-refractivity contribution in [3.8, 4) is 0 Å². The third kappa shape index (κ3) is 20.8. The molecule has 0 aliphatic rings. The van der Waals surface area contributed by atoms with Crippen LogP contribution in [0.25, 0.3) is 0 Å². The highest BCUT2D eigenvalue weighted by molar-refractivity contribution is 6.17. The van der Waals surface area contributed by atoms with Crippen molar-refractivity contribution in [3.05, 3.63) is 91.8 Å². The van der Waals surface area contributed by atoms with Crippen molar-refractivity contribution in [2.75, 3.05) is 5.88 Å². The molecule has 0 radical (unpaired) electrons. The zero-order valence-corrected chi connectivity index (χ0v) is 20.5. The molecule has 0 aliphatic carbocycles. The van der Waals surface area contributed by atoms with E-state index in [-0.39, 0.29) is 0 Å². The Morgan fingerprint density at radius 1 is 0.548 bits per heavy atom. The standard InChI is InChI=1S/2C9H14N.C5H5N.C4H9Cl/c2*1-2-3-7-10-8-5-4-6-9-10;1-2-4-6-5-3-1;1-2-3-4-5/h2*4-6,8-9H,2-3,7H2,1H3;1-5H;2-4H2,1H3/q2*+1;;. The van der Waals surface area contributed by atoms with E-state index < -0.39 is 0 Å². The second-order valence-electron chi connectivity index (χ2n) is 7.00. The van der Waals surface area contributed by atoms with Crippen molar-refractivity contribution in [2.24, 2.45) is 0 Å². The van der Waals surface area contributed by atoms with E-state index in [1.54, 1.807) is 12.4 Å². The highest BCUT2D eigenvalue weighted by atomic mass is 35.5. The summed E-state index contributed by atoms with van der Waals surface area (Å²) < 4.78 is 4.42. The van der Waals surface area contributed by atoms with Crippen LogP contribution in [0.15, 0.2) is 91.8 Å². The summed E-state index contributed by atoms with van der Waals surface area (Å²) in [4.78, 5) is 3.78. The van der Waals surface area contributed by atoms with Crippen molar-refractivity contribution >= 4 is 11.6 Å². The minimum atomic E-state index is 0.816. The van der Waals surface area contributed by atoms with Crippen LogP contribution < -0.4 is 9.13 Å². The molecule has 0 bridgehead atoms. The summed E-state index contributed by atoms with van der Waals surface area (Å²) in [7, 11) is 0. The first kappa shape index (κ1) is 28.7. The molecule has 3 aromatic rings. The van der Waals surface area contributed by atoms with Gasteiger partial charge >= 0.3 is 0 Å². The van der Waals surface area contributed by atoms with Crippen LogP contribution in [0, 0.1) is 0 Å². The summed E-state index contributed by atoms with van der Waals surface area (Å²) in [6, 6.07) is 18.1. The number of hydrogen-bond donors (Lipinski definition) is 0. The smallest absolute Gasteiger partial charge is 0.168 e. The molecule has 0 saturated heterocycles. The Morgan fingerprint density at radius 2 is 0.935 bits per heavy atom. The number of unbranched alkanes of at least 4 members (excludes halogenated alkanes) is 3. The number of aryl methyl sites for hydroxylation is 2. The van der Waals surface area contributed by atoms with Crippen molar-refractivity contribution in [1.82, 2.24) is 4.98 Å². The highest BCUT2D eigenvalue weighted by Gasteiger charge is 1.94. The zero-order valence-electron chi connectivity index (χ0n) is 19.7. The normalized spacial score (nSPS) is 9.16. The van der Waals surface area contributed by atoms with E-state index in [1.165, 1.54) is 32.1 Å². The van der Waals surface area contributed by atoms with E-state index in [0.29, 0.717) is 0 Å². The van der Waals surface area contributed by atoms with Gasteiger partial charge in [-0.15, -0.1) is 11.6 Å². The second kappa shape index (κ2) is 24.0. The Labute approximate surface area is 195 Å². The van der Waals surface area contributed by atoms with Gasteiger partial charge in [0.15, 0.2) is 24.8 Å². The average Bonchev–Trinajstić information content (AvgIpc) is 2.85. The lowest BCUT2D eigenvalue weighted by molar-refractivity contribution is -0.697. The van der Waals surface area contributed by atoms with Crippen molar-refractivity contribution in [2.45, 2.75) is 72.4 Å². The fraction of sp³-hybridized carbons (Fsp3) is 0.444. The van der Waals surface area contributed by atoms with Gasteiger partial charge in [-0.3, -0.25) is 4.98 Å². The van der Waals surface area contributed by atoms with Crippen LogP contribution in [-0.4, -0.2) is 10.9 Å². The van der Waals surface area contributed by atoms with Gasteiger partial charge in [0.2, 0.25) is 0 Å². The Balaban J connectivity index is 0.000000404. The van der Waals surface area contributed by atoms with Crippen LogP contribution in [0.1, 0.15) is 59.3 Å². The minimum absolute atomic E-state index is 0.816. The van der Waals surface area contributed by atoms with Gasteiger partial charge in [0.25, 0.3) is 0 Å². The molecule has 0 spiro atoms. The quantitative estimate of drug-likeness (QED) is 0.281. The van der Waals surface area contributed by atoms with Gasteiger partial charge in [0.05, 0.1) is 0 Å². The van der Waals surface area contributed by atoms with E-state index in [0.717, 1.165) is 25.4 Å². The number of alkyl halides is 1. The molecule has 0 unspecified atom stereocenters. The summed E-state index contributed by atoms with van der Waals surface area (Å²) in [6.07, 6.45) is 19.4. The third-order valence-electron chi connectivity index (χ3n) is 4.15. The molecule has 0 aromatic carbocycles. The van der Waals surface area contributed by atoms with E-state index in [2.05, 4.69) is 83.9 Å². The minimum Gasteiger partial charge on any atom is -0.265 e. The van der Waals surface area contributed by atoms with Crippen LogP contribution in [-0.2, 0) is 13.1 Å². The molecule has 3 nitrogen and oxygen atoms in total. The van der Waals surface area contributed by atoms with E-state index in [9.17, 15) is 0 Å². The second-order valence-corrected chi connectivity index (χ2v) is 7.38. The molecule has 170 valence electrons. The molecule has 0 saturated carbocycles. The number of pyridine rings is 3. The van der Waals surface area contributed by atoms with Crippen LogP contribution in [0.4, 0.5) is 0 Å². The predicted molar refractivity (Wildman–Crippen MR) is 133 cm³/mol. The predicted octanol–water partition coefficient (Wildman–Crippen LogP) is 6.66. The monoisotopic (exact) mass is 443 g/mol. The Bertz CT molecular complexity index is 606. The fourth-order valence-corrected chi connectivity index (χ4v) is 2.56. The lowest BCUT2D eigenvalue weighted by Gasteiger charge is -1.91. The summed E-state index contributed by atoms with van der Waals surface area (Å²) in [6.45, 7) is 8.85. The largest absolute Gasteiger partial charge is 0.265 e. The molecular formula is C27H42ClN3+2. The summed E-state index contributed by atoms with van der Waals surface area (Å²) in [5, 5.41) is 0. The van der Waals surface area contributed by atoms with E-state index >= 15 is 0 Å². The first-order chi connectivity index (χ1) is 15.3. The van der Waals surface area contributed by atoms with Crippen LogP contribution in [0.5, 0.6) is 0 Å². The summed E-state index contributed by atoms with van der Waals surface area (Å²) in [5.41, 5.74) is 0. The topological polar surface area (TPSA) is 20.6 Å². The van der Waals surface area contributed by atoms with E-state index in [1.807, 2.05) is 30.3 Å². The maximum atomic E-state index is 5.30. The molecule has 0 amide bonds. The molecular weight excluding hydrogens is 402 g/mol. The summed E-state index contributed by atoms with van der Waals surface area (Å²) in [5.74, 6) is 0.816. The third-order valence-corrected chi connectivity index (χ3v) is 4.42. The van der Waals surface area contributed by atoms with Crippen LogP contribution in [0.2, 0.25) is 0 Å². The number of aromatic nitrogens is 3. The SMILES string of the molecule is CCCCCl.CCCC[n+]1ccccc1.CCCC[n+]1ccccc1.c1ccncc1. The Hall–Kier alpha value is -2.26. The Morgan fingerprint density at radius 3 is 1.16 bits per heavy atom. The lowest BCUT2D eigenvalue weighted by atomic mass is 10.3. The van der Waals surface area contributed by atoms with Crippen molar-refractivity contribution < 1.29 is 9.13 Å². The van der Waals surface area contributed by atoms with Gasteiger partial charge in [-0.1, -0.05) is 58.2 Å². The lowest BCUT2D eigenvalue weighted by Crippen LogP contribution is -2.31. The van der Waals surface area contributed by atoms with Gasteiger partial charge in [0, 0.05) is 55.4 Å². The highest BCUT2D eigenvalue weighted by Crippen LogP contribution is 1.87. The van der Waals surface area contributed by atoms with Crippen molar-refractivity contribution in [1.29, 1.82) is 0 Å². The maximum Gasteiger partial charge on any atom is 0.168 e. The first-order valence-electron chi connectivity index (χ1n) is 11.6. The number of halogens is 1. The molecule has 0 fully saturated rings. The number of rotatable bonds is 8. The fourth-order valence-electron chi connectivity index (χ4n) is 2.29. The summed E-state index contributed by atoms with van der Waals surface area (Å²) >= 11 is 5.30. The van der Waals surface area contributed by atoms with Gasteiger partial charge in [-0.05, 0) is 18.6 Å². The maximum absolute atomic E-state index is 5.30. The van der Waals surface area contributed by atoms with Crippen LogP contribution >= 0.6 is 11.6 Å². The van der Waals surface area contributed by atoms with E-state index in [4.69, 9.17) is 11.6 Å². The molecule has 0 N–H and O–H groups in total. The molecule has 4 heteroatoms. The molecule has 3 heterocycles. The average molecular weight is 444 g/mol. The molecule has 3 aromatic heterocycles. The van der Waals surface area contributed by atoms with Crippen LogP contribution in [0.3, 0.4) is 0 Å². The van der Waals surface area contributed by atoms with Crippen molar-refractivity contribution in [3.63, 3.8) is 0 Å². The molecule has 0 aliphatic heterocycles. The number of nitrogens with zero attached hydrogens (tertiary/aromatic N) is 3. The van der Waals surface area contributed by atoms with Gasteiger partial charge in [-0.25, -0.2) is 9.13 Å². The first-order valence-corrected chi connectivity index (χ1v) is 12.1. The van der Waals surface area contributed by atoms with Gasteiger partial charge in [-0.2, -0.15) is 0 Å². The Kier molecular flexibility index (Phi) is 22.3. The zero-order chi connectivity index (χ0) is 22.8. The molecule has 3 rings (SSSR count). The van der Waals surface area contributed by atoms with Gasteiger partial charge < -0.3 is 0 Å². The number of hydrogen-bond acceptors (Lipinski definition) is 1. The molecule has 0 atom stereocenters.